The molecule has 0 aliphatic carbocycles. The first kappa shape index (κ1) is 11.5. The highest BCUT2D eigenvalue weighted by Crippen LogP contribution is 2.19. The molecule has 2 heterocycles. The maximum absolute atomic E-state index is 6.01. The average Bonchev–Trinajstić information content (AvgIpc) is 2.66. The molecule has 2 aromatic heterocycles. The van der Waals surface area contributed by atoms with Crippen LogP contribution in [0.25, 0.3) is 0 Å². The van der Waals surface area contributed by atoms with Gasteiger partial charge in [-0.05, 0) is 41.6 Å². The predicted octanol–water partition coefficient (Wildman–Crippen LogP) is 1.82. The Kier molecular flexibility index (Phi) is 3.55. The van der Waals surface area contributed by atoms with Crippen molar-refractivity contribution in [2.24, 2.45) is 5.73 Å². The van der Waals surface area contributed by atoms with Crippen molar-refractivity contribution in [1.82, 2.24) is 14.8 Å². The second kappa shape index (κ2) is 4.92. The Labute approximate surface area is 108 Å². The number of pyridine rings is 1. The van der Waals surface area contributed by atoms with E-state index in [1.54, 1.807) is 6.20 Å². The van der Waals surface area contributed by atoms with Crippen molar-refractivity contribution in [2.75, 3.05) is 0 Å². The lowest BCUT2D eigenvalue weighted by Crippen LogP contribution is -2.31. The van der Waals surface area contributed by atoms with Crippen LogP contribution < -0.4 is 5.73 Å². The number of halogens is 1. The zero-order valence-electron chi connectivity index (χ0n) is 8.92. The molecule has 2 unspecified atom stereocenters. The molecule has 0 aromatic carbocycles. The van der Waals surface area contributed by atoms with Crippen LogP contribution in [0.1, 0.15) is 18.7 Å². The third-order valence-corrected chi connectivity index (χ3v) is 2.90. The summed E-state index contributed by atoms with van der Waals surface area (Å²) in [6.45, 7) is 1.97. The topological polar surface area (TPSA) is 56.7 Å². The molecular formula is C11H13IN4. The molecule has 0 fully saturated rings. The number of nitrogens with two attached hydrogens (primary N) is 1. The van der Waals surface area contributed by atoms with Crippen molar-refractivity contribution in [2.45, 2.75) is 19.0 Å². The Bertz CT molecular complexity index is 452. The molecule has 2 rings (SSSR count). The molecule has 0 spiro atoms. The normalized spacial score (nSPS) is 14.7. The van der Waals surface area contributed by atoms with Crippen LogP contribution in [-0.2, 0) is 0 Å². The van der Waals surface area contributed by atoms with Crippen molar-refractivity contribution < 1.29 is 0 Å². The minimum absolute atomic E-state index is 0.00952. The van der Waals surface area contributed by atoms with E-state index < -0.39 is 0 Å². The van der Waals surface area contributed by atoms with Crippen LogP contribution in [0.2, 0.25) is 0 Å². The third-order valence-electron chi connectivity index (χ3n) is 2.34. The fraction of sp³-hybridized carbons (Fsp3) is 0.273. The monoisotopic (exact) mass is 328 g/mol. The van der Waals surface area contributed by atoms with E-state index in [-0.39, 0.29) is 12.1 Å². The minimum atomic E-state index is -0.0365. The molecule has 0 radical (unpaired) electrons. The highest BCUT2D eigenvalue weighted by atomic mass is 127. The summed E-state index contributed by atoms with van der Waals surface area (Å²) in [7, 11) is 0. The molecule has 2 atom stereocenters. The van der Waals surface area contributed by atoms with E-state index in [0.717, 1.165) is 9.26 Å². The predicted molar refractivity (Wildman–Crippen MR) is 71.0 cm³/mol. The molecule has 84 valence electrons. The Hall–Kier alpha value is -0.950. The van der Waals surface area contributed by atoms with Crippen molar-refractivity contribution in [3.8, 4) is 0 Å². The van der Waals surface area contributed by atoms with Crippen LogP contribution in [0.15, 0.2) is 36.8 Å². The van der Waals surface area contributed by atoms with Crippen LogP contribution in [0.5, 0.6) is 0 Å². The lowest BCUT2D eigenvalue weighted by molar-refractivity contribution is 0.444. The van der Waals surface area contributed by atoms with E-state index in [2.05, 4.69) is 32.7 Å². The number of aromatic nitrogens is 3. The minimum Gasteiger partial charge on any atom is -0.326 e. The molecule has 0 aliphatic rings. The standard InChI is InChI=1S/C11H13IN4/c1-8(13)11(10-4-2-3-5-14-10)16-7-9(12)6-15-16/h2-8,11H,13H2,1H3. The van der Waals surface area contributed by atoms with Gasteiger partial charge in [-0.15, -0.1) is 0 Å². The van der Waals surface area contributed by atoms with Crippen LogP contribution in [0, 0.1) is 3.57 Å². The smallest absolute Gasteiger partial charge is 0.109 e. The first-order valence-electron chi connectivity index (χ1n) is 5.04. The molecule has 4 nitrogen and oxygen atoms in total. The van der Waals surface area contributed by atoms with E-state index in [1.165, 1.54) is 0 Å². The molecule has 5 heteroatoms. The quantitative estimate of drug-likeness (QED) is 0.875. The van der Waals surface area contributed by atoms with Crippen molar-refractivity contribution in [3.05, 3.63) is 46.1 Å². The molecule has 0 aliphatic heterocycles. The second-order valence-electron chi connectivity index (χ2n) is 3.70. The first-order chi connectivity index (χ1) is 7.68. The van der Waals surface area contributed by atoms with Gasteiger partial charge in [0.05, 0.1) is 15.5 Å². The summed E-state index contributed by atoms with van der Waals surface area (Å²) in [5, 5.41) is 4.30. The highest BCUT2D eigenvalue weighted by Gasteiger charge is 2.20. The summed E-state index contributed by atoms with van der Waals surface area (Å²) in [5.74, 6) is 0. The first-order valence-corrected chi connectivity index (χ1v) is 6.12. The molecule has 16 heavy (non-hydrogen) atoms. The SMILES string of the molecule is CC(N)C(c1ccccn1)n1cc(I)cn1. The molecule has 0 saturated heterocycles. The lowest BCUT2D eigenvalue weighted by Gasteiger charge is -2.20. The van der Waals surface area contributed by atoms with E-state index in [1.807, 2.05) is 42.2 Å². The summed E-state index contributed by atoms with van der Waals surface area (Å²) >= 11 is 2.23. The van der Waals surface area contributed by atoms with Gasteiger partial charge in [-0.2, -0.15) is 5.10 Å². The van der Waals surface area contributed by atoms with E-state index in [0.29, 0.717) is 0 Å². The van der Waals surface area contributed by atoms with Gasteiger partial charge in [0.2, 0.25) is 0 Å². The molecule has 0 saturated carbocycles. The van der Waals surface area contributed by atoms with Gasteiger partial charge in [-0.1, -0.05) is 6.07 Å². The summed E-state index contributed by atoms with van der Waals surface area (Å²) < 4.78 is 2.97. The third kappa shape index (κ3) is 2.41. The molecule has 2 N–H and O–H groups in total. The maximum atomic E-state index is 6.01. The van der Waals surface area contributed by atoms with Gasteiger partial charge in [-0.3, -0.25) is 9.67 Å². The van der Waals surface area contributed by atoms with Crippen LogP contribution in [-0.4, -0.2) is 20.8 Å². The molecular weight excluding hydrogens is 315 g/mol. The Morgan fingerprint density at radius 3 is 2.75 bits per heavy atom. The number of hydrogen-bond donors (Lipinski definition) is 1. The fourth-order valence-electron chi connectivity index (χ4n) is 1.66. The van der Waals surface area contributed by atoms with Crippen molar-refractivity contribution in [1.29, 1.82) is 0 Å². The van der Waals surface area contributed by atoms with Gasteiger partial charge in [-0.25, -0.2) is 0 Å². The largest absolute Gasteiger partial charge is 0.326 e. The van der Waals surface area contributed by atoms with Gasteiger partial charge in [0.1, 0.15) is 6.04 Å². The van der Waals surface area contributed by atoms with E-state index in [4.69, 9.17) is 5.73 Å². The zero-order valence-corrected chi connectivity index (χ0v) is 11.1. The van der Waals surface area contributed by atoms with Crippen molar-refractivity contribution in [3.63, 3.8) is 0 Å². The summed E-state index contributed by atoms with van der Waals surface area (Å²) in [4.78, 5) is 4.34. The van der Waals surface area contributed by atoms with Crippen LogP contribution in [0.4, 0.5) is 0 Å². The molecule has 0 amide bonds. The number of rotatable bonds is 3. The van der Waals surface area contributed by atoms with E-state index >= 15 is 0 Å². The summed E-state index contributed by atoms with van der Waals surface area (Å²) in [6.07, 6.45) is 5.57. The Morgan fingerprint density at radius 2 is 2.25 bits per heavy atom. The summed E-state index contributed by atoms with van der Waals surface area (Å²) in [5.41, 5.74) is 6.95. The Morgan fingerprint density at radius 1 is 1.44 bits per heavy atom. The summed E-state index contributed by atoms with van der Waals surface area (Å²) in [6, 6.07) is 5.79. The lowest BCUT2D eigenvalue weighted by atomic mass is 10.1. The van der Waals surface area contributed by atoms with Gasteiger partial charge >= 0.3 is 0 Å². The zero-order chi connectivity index (χ0) is 11.5. The van der Waals surface area contributed by atoms with E-state index in [9.17, 15) is 0 Å². The van der Waals surface area contributed by atoms with Gasteiger partial charge in [0, 0.05) is 18.4 Å². The number of hydrogen-bond acceptors (Lipinski definition) is 3. The highest BCUT2D eigenvalue weighted by molar-refractivity contribution is 14.1. The Balaban J connectivity index is 2.39. The second-order valence-corrected chi connectivity index (χ2v) is 4.94. The number of nitrogens with zero attached hydrogens (tertiary/aromatic N) is 3. The van der Waals surface area contributed by atoms with Crippen molar-refractivity contribution >= 4 is 22.6 Å². The fourth-order valence-corrected chi connectivity index (χ4v) is 2.07. The van der Waals surface area contributed by atoms with Gasteiger partial charge < -0.3 is 5.73 Å². The molecule has 2 aromatic rings. The van der Waals surface area contributed by atoms with Crippen LogP contribution >= 0.6 is 22.6 Å². The maximum Gasteiger partial charge on any atom is 0.109 e. The molecule has 0 bridgehead atoms. The van der Waals surface area contributed by atoms with Gasteiger partial charge in [0.15, 0.2) is 0 Å². The van der Waals surface area contributed by atoms with Crippen LogP contribution in [0.3, 0.4) is 0 Å². The van der Waals surface area contributed by atoms with Gasteiger partial charge in [0.25, 0.3) is 0 Å². The average molecular weight is 328 g/mol.